The fourth-order valence-corrected chi connectivity index (χ4v) is 1.85. The molecule has 1 rings (SSSR count). The van der Waals surface area contributed by atoms with Crippen molar-refractivity contribution in [2.24, 2.45) is 0 Å². The number of carboxylic acid groups (broad SMARTS) is 1. The first-order valence-corrected chi connectivity index (χ1v) is 6.74. The summed E-state index contributed by atoms with van der Waals surface area (Å²) in [5, 5.41) is 14.0. The fourth-order valence-electron chi connectivity index (χ4n) is 1.85. The van der Waals surface area contributed by atoms with Gasteiger partial charge in [0.15, 0.2) is 0 Å². The zero-order chi connectivity index (χ0) is 15.8. The normalized spacial score (nSPS) is 11.5. The molecule has 0 fully saturated rings. The van der Waals surface area contributed by atoms with Crippen LogP contribution in [0.2, 0.25) is 0 Å². The Morgan fingerprint density at radius 1 is 1.19 bits per heavy atom. The maximum Gasteiger partial charge on any atom is 0.303 e. The molecule has 0 bridgehead atoms. The van der Waals surface area contributed by atoms with E-state index in [1.807, 2.05) is 6.92 Å². The Balaban J connectivity index is 2.48. The average Bonchev–Trinajstić information content (AvgIpc) is 2.38. The van der Waals surface area contributed by atoms with Crippen LogP contribution in [0.1, 0.15) is 38.2 Å². The van der Waals surface area contributed by atoms with Crippen molar-refractivity contribution in [3.8, 4) is 0 Å². The van der Waals surface area contributed by atoms with Gasteiger partial charge in [-0.1, -0.05) is 19.1 Å². The van der Waals surface area contributed by atoms with Gasteiger partial charge < -0.3 is 15.7 Å². The van der Waals surface area contributed by atoms with Crippen LogP contribution in [0.15, 0.2) is 24.3 Å². The number of hydrogen-bond donors (Lipinski definition) is 3. The number of anilines is 1. The largest absolute Gasteiger partial charge is 0.481 e. The minimum atomic E-state index is -0.835. The maximum atomic E-state index is 11.6. The third-order valence-corrected chi connectivity index (χ3v) is 2.97. The molecule has 0 aliphatic rings. The van der Waals surface area contributed by atoms with Crippen molar-refractivity contribution in [3.05, 3.63) is 29.8 Å². The fraction of sp³-hybridized carbons (Fsp3) is 0.400. The number of amides is 2. The highest BCUT2D eigenvalue weighted by Crippen LogP contribution is 2.20. The maximum absolute atomic E-state index is 11.6. The molecular weight excluding hydrogens is 272 g/mol. The predicted octanol–water partition coefficient (Wildman–Crippen LogP) is 1.73. The van der Waals surface area contributed by atoms with Gasteiger partial charge in [-0.05, 0) is 23.6 Å². The summed E-state index contributed by atoms with van der Waals surface area (Å²) in [5.74, 6) is -1.26. The van der Waals surface area contributed by atoms with Crippen LogP contribution in [-0.4, -0.2) is 29.4 Å². The summed E-state index contributed by atoms with van der Waals surface area (Å²) in [6.45, 7) is 3.54. The van der Waals surface area contributed by atoms with Gasteiger partial charge in [-0.2, -0.15) is 0 Å². The van der Waals surface area contributed by atoms with E-state index in [0.717, 1.165) is 5.56 Å². The van der Waals surface area contributed by atoms with Crippen molar-refractivity contribution in [1.82, 2.24) is 5.32 Å². The minimum Gasteiger partial charge on any atom is -0.481 e. The van der Waals surface area contributed by atoms with E-state index >= 15 is 0 Å². The van der Waals surface area contributed by atoms with Crippen LogP contribution < -0.4 is 10.6 Å². The first-order chi connectivity index (χ1) is 9.88. The van der Waals surface area contributed by atoms with E-state index < -0.39 is 5.97 Å². The number of carboxylic acids is 1. The first kappa shape index (κ1) is 16.7. The van der Waals surface area contributed by atoms with E-state index in [0.29, 0.717) is 12.2 Å². The number of carbonyl (C=O) groups is 3. The second-order valence-corrected chi connectivity index (χ2v) is 4.90. The summed E-state index contributed by atoms with van der Waals surface area (Å²) >= 11 is 0. The number of hydrogen-bond acceptors (Lipinski definition) is 3. The van der Waals surface area contributed by atoms with E-state index in [2.05, 4.69) is 10.6 Å². The van der Waals surface area contributed by atoms with Crippen molar-refractivity contribution in [2.75, 3.05) is 11.9 Å². The number of benzene rings is 1. The Labute approximate surface area is 123 Å². The van der Waals surface area contributed by atoms with Crippen LogP contribution >= 0.6 is 0 Å². The molecule has 0 aliphatic heterocycles. The molecule has 0 aromatic heterocycles. The molecule has 0 radical (unpaired) electrons. The van der Waals surface area contributed by atoms with Crippen molar-refractivity contribution in [2.45, 2.75) is 32.6 Å². The second-order valence-electron chi connectivity index (χ2n) is 4.90. The van der Waals surface area contributed by atoms with Crippen LogP contribution in [0.25, 0.3) is 0 Å². The van der Waals surface area contributed by atoms with Crippen molar-refractivity contribution in [1.29, 1.82) is 0 Å². The lowest BCUT2D eigenvalue weighted by molar-refractivity contribution is -0.137. The van der Waals surface area contributed by atoms with Gasteiger partial charge in [-0.15, -0.1) is 0 Å². The van der Waals surface area contributed by atoms with Crippen molar-refractivity contribution in [3.63, 3.8) is 0 Å². The standard InChI is InChI=1S/C15H20N2O4/c1-10(9-15(20)21)12-3-5-13(6-4-12)17-14(19)7-8-16-11(2)18/h3-6,10H,7-9H2,1-2H3,(H,16,18)(H,17,19)(H,20,21). The zero-order valence-electron chi connectivity index (χ0n) is 12.2. The third kappa shape index (κ3) is 6.56. The topological polar surface area (TPSA) is 95.5 Å². The molecule has 6 heteroatoms. The van der Waals surface area contributed by atoms with Gasteiger partial charge in [-0.25, -0.2) is 0 Å². The SMILES string of the molecule is CC(=O)NCCC(=O)Nc1ccc(C(C)CC(=O)O)cc1. The van der Waals surface area contributed by atoms with Crippen molar-refractivity contribution >= 4 is 23.5 Å². The highest BCUT2D eigenvalue weighted by molar-refractivity contribution is 5.91. The molecule has 3 N–H and O–H groups in total. The van der Waals surface area contributed by atoms with Gasteiger partial charge in [0.25, 0.3) is 0 Å². The summed E-state index contributed by atoms with van der Waals surface area (Å²) in [4.78, 5) is 33.0. The van der Waals surface area contributed by atoms with Gasteiger partial charge in [0.2, 0.25) is 11.8 Å². The number of carbonyl (C=O) groups excluding carboxylic acids is 2. The van der Waals surface area contributed by atoms with Gasteiger partial charge in [0.1, 0.15) is 0 Å². The first-order valence-electron chi connectivity index (χ1n) is 6.74. The smallest absolute Gasteiger partial charge is 0.303 e. The lowest BCUT2D eigenvalue weighted by atomic mass is 9.98. The third-order valence-electron chi connectivity index (χ3n) is 2.97. The summed E-state index contributed by atoms with van der Waals surface area (Å²) in [6, 6.07) is 7.09. The molecule has 1 atom stereocenters. The molecule has 114 valence electrons. The Morgan fingerprint density at radius 3 is 2.33 bits per heavy atom. The summed E-state index contributed by atoms with van der Waals surface area (Å²) in [7, 11) is 0. The molecule has 0 saturated heterocycles. The number of rotatable bonds is 7. The van der Waals surface area contributed by atoms with Gasteiger partial charge in [0.05, 0.1) is 6.42 Å². The number of nitrogens with one attached hydrogen (secondary N) is 2. The molecule has 6 nitrogen and oxygen atoms in total. The molecule has 21 heavy (non-hydrogen) atoms. The molecule has 1 aromatic carbocycles. The minimum absolute atomic E-state index is 0.0718. The summed E-state index contributed by atoms with van der Waals surface area (Å²) < 4.78 is 0. The molecule has 0 heterocycles. The summed E-state index contributed by atoms with van der Waals surface area (Å²) in [5.41, 5.74) is 1.56. The van der Waals surface area contributed by atoms with Gasteiger partial charge in [0, 0.05) is 25.6 Å². The Bertz CT molecular complexity index is 511. The van der Waals surface area contributed by atoms with Crippen LogP contribution in [0.3, 0.4) is 0 Å². The highest BCUT2D eigenvalue weighted by Gasteiger charge is 2.10. The van der Waals surface area contributed by atoms with Crippen molar-refractivity contribution < 1.29 is 19.5 Å². The van der Waals surface area contributed by atoms with Crippen LogP contribution in [0.4, 0.5) is 5.69 Å². The van der Waals surface area contributed by atoms with E-state index in [-0.39, 0.29) is 30.6 Å². The zero-order valence-corrected chi connectivity index (χ0v) is 12.2. The van der Waals surface area contributed by atoms with Crippen LogP contribution in [-0.2, 0) is 14.4 Å². The lowest BCUT2D eigenvalue weighted by Crippen LogP contribution is -2.25. The quantitative estimate of drug-likeness (QED) is 0.713. The van der Waals surface area contributed by atoms with E-state index in [1.54, 1.807) is 24.3 Å². The monoisotopic (exact) mass is 292 g/mol. The highest BCUT2D eigenvalue weighted by atomic mass is 16.4. The molecule has 0 aliphatic carbocycles. The molecule has 0 spiro atoms. The summed E-state index contributed by atoms with van der Waals surface area (Å²) in [6.07, 6.45) is 0.277. The average molecular weight is 292 g/mol. The van der Waals surface area contributed by atoms with E-state index in [9.17, 15) is 14.4 Å². The van der Waals surface area contributed by atoms with Crippen LogP contribution in [0, 0.1) is 0 Å². The predicted molar refractivity (Wildman–Crippen MR) is 79.0 cm³/mol. The van der Waals surface area contributed by atoms with Crippen LogP contribution in [0.5, 0.6) is 0 Å². The lowest BCUT2D eigenvalue weighted by Gasteiger charge is -2.11. The Hall–Kier alpha value is -2.37. The number of aliphatic carboxylic acids is 1. The Kier molecular flexibility index (Phi) is 6.39. The Morgan fingerprint density at radius 2 is 1.81 bits per heavy atom. The van der Waals surface area contributed by atoms with Gasteiger partial charge >= 0.3 is 5.97 Å². The molecule has 2 amide bonds. The van der Waals surface area contributed by atoms with E-state index in [4.69, 9.17) is 5.11 Å². The molecule has 0 saturated carbocycles. The second kappa shape index (κ2) is 8.04. The molecule has 1 unspecified atom stereocenters. The molecular formula is C15H20N2O4. The van der Waals surface area contributed by atoms with E-state index in [1.165, 1.54) is 6.92 Å². The molecule has 1 aromatic rings. The van der Waals surface area contributed by atoms with Gasteiger partial charge in [-0.3, -0.25) is 14.4 Å².